The van der Waals surface area contributed by atoms with Crippen molar-refractivity contribution in [2.24, 2.45) is 10.8 Å². The molecule has 1 aliphatic carbocycles. The van der Waals surface area contributed by atoms with E-state index in [1.165, 1.54) is 6.07 Å². The Labute approximate surface area is 260 Å². The standard InChI is InChI=1S/C27H25F2N5O3.K/c1-16-20(9-17-5-3-4-6-21(17)37-24(28)29)34-12-18(7-8-22(34)32-16)19-10-30-25(31-11-19)33-14-26(2)13-27(26,15-33)23(35)36;/h3-8,10-12,24H,9,13-15H2,1-2H3,(H,35,36);/q;+1/p-1. The first kappa shape index (κ1) is 27.1. The van der Waals surface area contributed by atoms with E-state index in [9.17, 15) is 18.7 Å². The molecule has 0 N–H and O–H groups in total. The van der Waals surface area contributed by atoms with Gasteiger partial charge < -0.3 is 23.9 Å². The van der Waals surface area contributed by atoms with Gasteiger partial charge in [-0.1, -0.05) is 25.1 Å². The summed E-state index contributed by atoms with van der Waals surface area (Å²) < 4.78 is 32.4. The van der Waals surface area contributed by atoms with Gasteiger partial charge in [-0.25, -0.2) is 15.0 Å². The summed E-state index contributed by atoms with van der Waals surface area (Å²) in [5, 5.41) is 11.7. The normalized spacial score (nSPS) is 21.9. The molecule has 1 aromatic carbocycles. The third-order valence-corrected chi connectivity index (χ3v) is 7.83. The summed E-state index contributed by atoms with van der Waals surface area (Å²) in [6.07, 6.45) is 6.36. The number of carbonyl (C=O) groups excluding carboxylic acids is 1. The Morgan fingerprint density at radius 2 is 1.87 bits per heavy atom. The maximum atomic E-state index is 12.9. The molecular formula is C27H24F2KN5O3. The van der Waals surface area contributed by atoms with E-state index in [0.717, 1.165) is 28.2 Å². The van der Waals surface area contributed by atoms with Crippen molar-refractivity contribution in [3.05, 3.63) is 71.9 Å². The first-order valence-corrected chi connectivity index (χ1v) is 12.0. The number of para-hydroxylation sites is 1. The number of benzene rings is 1. The van der Waals surface area contributed by atoms with Crippen molar-refractivity contribution < 1.29 is 74.8 Å². The second-order valence-electron chi connectivity index (χ2n) is 10.2. The zero-order valence-corrected chi connectivity index (χ0v) is 24.4. The molecule has 4 aromatic rings. The molecule has 0 spiro atoms. The largest absolute Gasteiger partial charge is 1.00 e. The number of alkyl halides is 2. The van der Waals surface area contributed by atoms with Crippen LogP contribution < -0.4 is 66.1 Å². The second kappa shape index (κ2) is 9.94. The monoisotopic (exact) mass is 543 g/mol. The minimum absolute atomic E-state index is 0. The number of piperidine rings is 1. The van der Waals surface area contributed by atoms with Crippen molar-refractivity contribution in [2.75, 3.05) is 18.0 Å². The number of hydrogen-bond acceptors (Lipinski definition) is 7. The van der Waals surface area contributed by atoms with Crippen LogP contribution in [0.2, 0.25) is 0 Å². The van der Waals surface area contributed by atoms with Gasteiger partial charge in [0.1, 0.15) is 11.4 Å². The van der Waals surface area contributed by atoms with Crippen LogP contribution in [-0.2, 0) is 11.2 Å². The van der Waals surface area contributed by atoms with Gasteiger partial charge in [0.25, 0.3) is 0 Å². The average molecular weight is 544 g/mol. The number of carbonyl (C=O) groups is 1. The summed E-state index contributed by atoms with van der Waals surface area (Å²) >= 11 is 0. The van der Waals surface area contributed by atoms with Crippen LogP contribution in [0.3, 0.4) is 0 Å². The van der Waals surface area contributed by atoms with E-state index in [-0.39, 0.29) is 62.5 Å². The van der Waals surface area contributed by atoms with Gasteiger partial charge in [-0.05, 0) is 37.0 Å². The minimum Gasteiger partial charge on any atom is -0.549 e. The number of aliphatic carboxylic acids is 1. The summed E-state index contributed by atoms with van der Waals surface area (Å²) in [7, 11) is 0. The van der Waals surface area contributed by atoms with Gasteiger partial charge in [0, 0.05) is 71.9 Å². The number of carboxylic acid groups (broad SMARTS) is 1. The van der Waals surface area contributed by atoms with Crippen LogP contribution in [0.4, 0.5) is 14.7 Å². The molecule has 0 bridgehead atoms. The van der Waals surface area contributed by atoms with E-state index in [1.54, 1.807) is 30.6 Å². The number of halogens is 2. The number of rotatable bonds is 7. The molecule has 1 saturated carbocycles. The Balaban J connectivity index is 0.00000294. The van der Waals surface area contributed by atoms with Gasteiger partial charge >= 0.3 is 58.0 Å². The molecule has 1 aliphatic heterocycles. The molecule has 2 aliphatic rings. The Morgan fingerprint density at radius 1 is 1.13 bits per heavy atom. The summed E-state index contributed by atoms with van der Waals surface area (Å²) in [5.41, 5.74) is 3.56. The van der Waals surface area contributed by atoms with Crippen LogP contribution in [0.25, 0.3) is 16.8 Å². The number of fused-ring (bicyclic) bond motifs is 2. The maximum Gasteiger partial charge on any atom is 1.00 e. The van der Waals surface area contributed by atoms with Crippen molar-refractivity contribution in [3.63, 3.8) is 0 Å². The summed E-state index contributed by atoms with van der Waals surface area (Å²) in [6.45, 7) is 1.89. The molecule has 1 saturated heterocycles. The zero-order valence-electron chi connectivity index (χ0n) is 21.3. The first-order chi connectivity index (χ1) is 17.7. The van der Waals surface area contributed by atoms with Crippen molar-refractivity contribution in [1.82, 2.24) is 19.4 Å². The second-order valence-corrected chi connectivity index (χ2v) is 10.2. The number of anilines is 1. The Hall–Kier alpha value is -2.44. The minimum atomic E-state index is -2.90. The summed E-state index contributed by atoms with van der Waals surface area (Å²) in [4.78, 5) is 27.2. The number of aryl methyl sites for hydroxylation is 1. The molecule has 6 rings (SSSR count). The number of carboxylic acids is 1. The van der Waals surface area contributed by atoms with Gasteiger partial charge in [0.2, 0.25) is 5.95 Å². The van der Waals surface area contributed by atoms with Crippen LogP contribution in [-0.4, -0.2) is 45.0 Å². The topological polar surface area (TPSA) is 95.7 Å². The molecule has 4 heterocycles. The van der Waals surface area contributed by atoms with E-state index in [0.29, 0.717) is 37.4 Å². The number of pyridine rings is 1. The molecule has 0 amide bonds. The Kier molecular flexibility index (Phi) is 7.10. The van der Waals surface area contributed by atoms with Crippen molar-refractivity contribution in [2.45, 2.75) is 33.3 Å². The molecule has 0 radical (unpaired) electrons. The van der Waals surface area contributed by atoms with Crippen LogP contribution >= 0.6 is 0 Å². The van der Waals surface area contributed by atoms with Gasteiger partial charge in [-0.15, -0.1) is 0 Å². The number of imidazole rings is 1. The van der Waals surface area contributed by atoms with E-state index < -0.39 is 18.0 Å². The van der Waals surface area contributed by atoms with Gasteiger partial charge in [-0.2, -0.15) is 8.78 Å². The number of nitrogens with zero attached hydrogens (tertiary/aromatic N) is 5. The fraction of sp³-hybridized carbons (Fsp3) is 0.333. The van der Waals surface area contributed by atoms with Gasteiger partial charge in [0.05, 0.1) is 5.69 Å². The quantitative estimate of drug-likeness (QED) is 0.309. The van der Waals surface area contributed by atoms with Crippen LogP contribution in [0.15, 0.2) is 55.0 Å². The molecule has 8 nitrogen and oxygen atoms in total. The predicted molar refractivity (Wildman–Crippen MR) is 129 cm³/mol. The summed E-state index contributed by atoms with van der Waals surface area (Å²) in [6, 6.07) is 10.6. The fourth-order valence-electron chi connectivity index (χ4n) is 5.67. The van der Waals surface area contributed by atoms with Gasteiger partial charge in [0.15, 0.2) is 0 Å². The summed E-state index contributed by atoms with van der Waals surface area (Å²) in [5.74, 6) is -0.369. The molecule has 2 unspecified atom stereocenters. The predicted octanol–water partition coefficient (Wildman–Crippen LogP) is 0.262. The van der Waals surface area contributed by atoms with E-state index in [4.69, 9.17) is 4.74 Å². The van der Waals surface area contributed by atoms with E-state index in [1.807, 2.05) is 41.5 Å². The fourth-order valence-corrected chi connectivity index (χ4v) is 5.67. The molecule has 38 heavy (non-hydrogen) atoms. The Bertz CT molecular complexity index is 1530. The number of hydrogen-bond donors (Lipinski definition) is 0. The van der Waals surface area contributed by atoms with Crippen LogP contribution in [0, 0.1) is 17.8 Å². The smallest absolute Gasteiger partial charge is 0.549 e. The van der Waals surface area contributed by atoms with E-state index in [2.05, 4.69) is 15.0 Å². The number of aromatic nitrogens is 4. The molecule has 11 heteroatoms. The van der Waals surface area contributed by atoms with Crippen molar-refractivity contribution >= 4 is 17.6 Å². The van der Waals surface area contributed by atoms with Crippen LogP contribution in [0.5, 0.6) is 5.75 Å². The van der Waals surface area contributed by atoms with E-state index >= 15 is 0 Å². The van der Waals surface area contributed by atoms with Gasteiger partial charge in [-0.3, -0.25) is 0 Å². The van der Waals surface area contributed by atoms with Crippen molar-refractivity contribution in [1.29, 1.82) is 0 Å². The first-order valence-electron chi connectivity index (χ1n) is 12.0. The zero-order chi connectivity index (χ0) is 25.9. The molecule has 3 aromatic heterocycles. The molecule has 2 fully saturated rings. The maximum absolute atomic E-state index is 12.9. The average Bonchev–Trinajstić information content (AvgIpc) is 3.17. The molecule has 190 valence electrons. The third kappa shape index (κ3) is 4.54. The third-order valence-electron chi connectivity index (χ3n) is 7.83. The molecular weight excluding hydrogens is 519 g/mol. The van der Waals surface area contributed by atoms with Crippen molar-refractivity contribution in [3.8, 4) is 16.9 Å². The Morgan fingerprint density at radius 3 is 2.55 bits per heavy atom. The number of ether oxygens (including phenoxy) is 1. The van der Waals surface area contributed by atoms with Crippen LogP contribution in [0.1, 0.15) is 30.3 Å². The molecule has 2 atom stereocenters. The SMILES string of the molecule is Cc1nc2ccc(-c3cnc(N4CC5(C)CC5(C(=O)[O-])C4)nc3)cn2c1Cc1ccccc1OC(F)F.[K+].